The smallest absolute Gasteiger partial charge is 0.264 e. The lowest BCUT2D eigenvalue weighted by atomic mass is 9.96. The quantitative estimate of drug-likeness (QED) is 0.395. The van der Waals surface area contributed by atoms with Crippen molar-refractivity contribution >= 4 is 39.3 Å². The van der Waals surface area contributed by atoms with Gasteiger partial charge in [0.1, 0.15) is 11.1 Å². The molecule has 0 saturated carbocycles. The minimum absolute atomic E-state index is 0.0167. The van der Waals surface area contributed by atoms with E-state index in [0.29, 0.717) is 22.7 Å². The number of aryl methyl sites for hydroxylation is 2. The predicted octanol–water partition coefficient (Wildman–Crippen LogP) is 4.71. The molecule has 11 heteroatoms. The van der Waals surface area contributed by atoms with Gasteiger partial charge in [-0.15, -0.1) is 0 Å². The van der Waals surface area contributed by atoms with E-state index < -0.39 is 15.3 Å². The summed E-state index contributed by atoms with van der Waals surface area (Å²) < 4.78 is 27.5. The molecule has 0 fully saturated rings. The highest BCUT2D eigenvalue weighted by atomic mass is 32.2. The Hall–Kier alpha value is -3.49. The molecule has 0 spiro atoms. The lowest BCUT2D eigenvalue weighted by Gasteiger charge is -2.18. The highest BCUT2D eigenvalue weighted by molar-refractivity contribution is 8.00. The molecule has 1 aliphatic carbocycles. The van der Waals surface area contributed by atoms with Gasteiger partial charge in [0.2, 0.25) is 11.9 Å². The van der Waals surface area contributed by atoms with Gasteiger partial charge in [-0.3, -0.25) is 4.79 Å². The third-order valence-electron chi connectivity index (χ3n) is 6.03. The summed E-state index contributed by atoms with van der Waals surface area (Å²) in [4.78, 5) is 25.6. The largest absolute Gasteiger partial charge is 0.325 e. The van der Waals surface area contributed by atoms with Crippen LogP contribution in [-0.4, -0.2) is 34.5 Å². The van der Waals surface area contributed by atoms with E-state index in [1.165, 1.54) is 61.3 Å². The van der Waals surface area contributed by atoms with Crippen LogP contribution in [-0.2, 0) is 27.7 Å². The molecule has 0 radical (unpaired) electrons. The number of nitriles is 1. The number of nitrogens with zero attached hydrogens (tertiary/aromatic N) is 4. The van der Waals surface area contributed by atoms with Gasteiger partial charge in [0.15, 0.2) is 0 Å². The number of sulfonamides is 1. The molecule has 4 rings (SSSR count). The molecule has 2 aromatic heterocycles. The van der Waals surface area contributed by atoms with E-state index in [1.54, 1.807) is 6.07 Å². The van der Waals surface area contributed by atoms with Crippen molar-refractivity contribution in [3.05, 3.63) is 65.6 Å². The van der Waals surface area contributed by atoms with E-state index in [9.17, 15) is 18.5 Å². The van der Waals surface area contributed by atoms with E-state index in [2.05, 4.69) is 26.1 Å². The molecule has 2 heterocycles. The average Bonchev–Trinajstić information content (AvgIpc) is 2.88. The van der Waals surface area contributed by atoms with Crippen LogP contribution in [0.15, 0.2) is 58.7 Å². The Morgan fingerprint density at radius 1 is 1.11 bits per heavy atom. The first-order valence-electron chi connectivity index (χ1n) is 12.2. The molecule has 192 valence electrons. The zero-order chi connectivity index (χ0) is 26.3. The predicted molar refractivity (Wildman–Crippen MR) is 143 cm³/mol. The van der Waals surface area contributed by atoms with Crippen LogP contribution in [0, 0.1) is 11.3 Å². The number of hydrogen-bond acceptors (Lipinski definition) is 8. The molecule has 37 heavy (non-hydrogen) atoms. The van der Waals surface area contributed by atoms with Gasteiger partial charge in [-0.05, 0) is 74.1 Å². The molecule has 1 aliphatic rings. The highest BCUT2D eigenvalue weighted by Gasteiger charge is 2.23. The zero-order valence-corrected chi connectivity index (χ0v) is 22.1. The number of hydrogen-bond donors (Lipinski definition) is 2. The first-order chi connectivity index (χ1) is 17.9. The van der Waals surface area contributed by atoms with Gasteiger partial charge in [0, 0.05) is 23.8 Å². The summed E-state index contributed by atoms with van der Waals surface area (Å²) >= 11 is 1.30. The standard InChI is InChI=1S/C26H28N6O3S2/c1-2-23(36-25-19(17-27)16-18-8-5-3-4-6-9-22(18)31-25)24(33)30-20-10-12-21(13-11-20)37(34,35)32-26-28-14-7-15-29-26/h7,10-16,23H,2-6,8-9H2,1H3,(H,30,33)(H,28,29,32). The minimum Gasteiger partial charge on any atom is -0.325 e. The van der Waals surface area contributed by atoms with Crippen molar-refractivity contribution in [3.8, 4) is 6.07 Å². The van der Waals surface area contributed by atoms with Crippen LogP contribution in [0.25, 0.3) is 0 Å². The number of anilines is 2. The Labute approximate surface area is 221 Å². The minimum atomic E-state index is -3.87. The lowest BCUT2D eigenvalue weighted by Crippen LogP contribution is -2.25. The van der Waals surface area contributed by atoms with Crippen molar-refractivity contribution in [2.75, 3.05) is 10.0 Å². The monoisotopic (exact) mass is 536 g/mol. The molecule has 1 atom stereocenters. The summed E-state index contributed by atoms with van der Waals surface area (Å²) in [5.41, 5.74) is 3.13. The number of amides is 1. The number of pyridine rings is 1. The number of thioether (sulfide) groups is 1. The van der Waals surface area contributed by atoms with Gasteiger partial charge in [-0.25, -0.2) is 28.1 Å². The molecule has 0 aliphatic heterocycles. The van der Waals surface area contributed by atoms with E-state index >= 15 is 0 Å². The first kappa shape index (κ1) is 26.6. The Morgan fingerprint density at radius 2 is 1.81 bits per heavy atom. The number of aromatic nitrogens is 3. The Balaban J connectivity index is 1.45. The summed E-state index contributed by atoms with van der Waals surface area (Å²) in [5, 5.41) is 12.7. The molecule has 1 unspecified atom stereocenters. The summed E-state index contributed by atoms with van der Waals surface area (Å²) in [6, 6.07) is 11.6. The molecule has 0 bridgehead atoms. The fourth-order valence-electron chi connectivity index (χ4n) is 4.07. The third kappa shape index (κ3) is 6.84. The number of nitrogens with one attached hydrogen (secondary N) is 2. The van der Waals surface area contributed by atoms with Crippen molar-refractivity contribution in [2.24, 2.45) is 0 Å². The zero-order valence-electron chi connectivity index (χ0n) is 20.5. The molecule has 1 aromatic carbocycles. The second-order valence-corrected chi connectivity index (χ2v) is 11.6. The molecule has 0 saturated heterocycles. The number of benzene rings is 1. The van der Waals surface area contributed by atoms with E-state index in [-0.39, 0.29) is 16.8 Å². The fourth-order valence-corrected chi connectivity index (χ4v) is 6.02. The van der Waals surface area contributed by atoms with Crippen molar-refractivity contribution in [3.63, 3.8) is 0 Å². The maximum atomic E-state index is 13.1. The van der Waals surface area contributed by atoms with Crippen LogP contribution < -0.4 is 10.0 Å². The molecule has 9 nitrogen and oxygen atoms in total. The first-order valence-corrected chi connectivity index (χ1v) is 14.6. The maximum Gasteiger partial charge on any atom is 0.264 e. The topological polar surface area (TPSA) is 138 Å². The van der Waals surface area contributed by atoms with Crippen molar-refractivity contribution in [2.45, 2.75) is 67.0 Å². The fraction of sp³-hybridized carbons (Fsp3) is 0.346. The van der Waals surface area contributed by atoms with Gasteiger partial charge < -0.3 is 5.32 Å². The van der Waals surface area contributed by atoms with Gasteiger partial charge in [0.05, 0.1) is 15.7 Å². The van der Waals surface area contributed by atoms with E-state index in [1.807, 2.05) is 13.0 Å². The van der Waals surface area contributed by atoms with E-state index in [0.717, 1.165) is 36.9 Å². The average molecular weight is 537 g/mol. The SMILES string of the molecule is CCC(Sc1nc2c(cc1C#N)CCCCCC2)C(=O)Nc1ccc(S(=O)(=O)Nc2ncccn2)cc1. The lowest BCUT2D eigenvalue weighted by molar-refractivity contribution is -0.115. The van der Waals surface area contributed by atoms with Gasteiger partial charge in [-0.1, -0.05) is 31.5 Å². The van der Waals surface area contributed by atoms with Crippen LogP contribution in [0.2, 0.25) is 0 Å². The van der Waals surface area contributed by atoms with Crippen molar-refractivity contribution in [1.29, 1.82) is 5.26 Å². The number of carbonyl (C=O) groups excluding carboxylic acids is 1. The van der Waals surface area contributed by atoms with Crippen LogP contribution in [0.3, 0.4) is 0 Å². The van der Waals surface area contributed by atoms with Gasteiger partial charge >= 0.3 is 0 Å². The van der Waals surface area contributed by atoms with Crippen LogP contribution in [0.1, 0.15) is 55.8 Å². The van der Waals surface area contributed by atoms with Crippen LogP contribution >= 0.6 is 11.8 Å². The second-order valence-electron chi connectivity index (χ2n) is 8.68. The van der Waals surface area contributed by atoms with E-state index in [4.69, 9.17) is 4.98 Å². The Bertz CT molecular complexity index is 1390. The maximum absolute atomic E-state index is 13.1. The molecular weight excluding hydrogens is 508 g/mol. The normalized spacial score (nSPS) is 14.4. The van der Waals surface area contributed by atoms with Crippen LogP contribution in [0.4, 0.5) is 11.6 Å². The molecule has 2 N–H and O–H groups in total. The molecule has 3 aromatic rings. The number of carbonyl (C=O) groups is 1. The number of rotatable bonds is 8. The summed E-state index contributed by atoms with van der Waals surface area (Å²) in [7, 11) is -3.87. The summed E-state index contributed by atoms with van der Waals surface area (Å²) in [6.45, 7) is 1.91. The Morgan fingerprint density at radius 3 is 2.49 bits per heavy atom. The van der Waals surface area contributed by atoms with Crippen molar-refractivity contribution < 1.29 is 13.2 Å². The van der Waals surface area contributed by atoms with Crippen LogP contribution in [0.5, 0.6) is 0 Å². The van der Waals surface area contributed by atoms with Gasteiger partial charge in [-0.2, -0.15) is 5.26 Å². The number of fused-ring (bicyclic) bond motifs is 1. The van der Waals surface area contributed by atoms with Gasteiger partial charge in [0.25, 0.3) is 10.0 Å². The Kier molecular flexibility index (Phi) is 8.74. The highest BCUT2D eigenvalue weighted by Crippen LogP contribution is 2.31. The summed E-state index contributed by atoms with van der Waals surface area (Å²) in [5.74, 6) is -0.266. The third-order valence-corrected chi connectivity index (χ3v) is 8.74. The summed E-state index contributed by atoms with van der Waals surface area (Å²) in [6.07, 6.45) is 9.78. The molecule has 1 amide bonds. The van der Waals surface area contributed by atoms with Crippen molar-refractivity contribution in [1.82, 2.24) is 15.0 Å². The second kappa shape index (κ2) is 12.2. The molecular formula is C26H28N6O3S2.